The number of likely N-dealkylation sites (tertiary alicyclic amines) is 1. The maximum Gasteiger partial charge on any atom is 0.243 e. The fraction of sp³-hybridized carbons (Fsp3) is 0.481. The van der Waals surface area contributed by atoms with Crippen LogP contribution in [0.2, 0.25) is 0 Å². The van der Waals surface area contributed by atoms with E-state index in [4.69, 9.17) is 10.1 Å². The summed E-state index contributed by atoms with van der Waals surface area (Å²) in [6, 6.07) is 6.51. The molecule has 2 aliphatic rings. The molecule has 4 rings (SSSR count). The third-order valence-electron chi connectivity index (χ3n) is 7.06. The van der Waals surface area contributed by atoms with Crippen molar-refractivity contribution in [2.45, 2.75) is 64.8 Å². The summed E-state index contributed by atoms with van der Waals surface area (Å²) in [6.45, 7) is 5.46. The molecule has 2 fully saturated rings. The number of carbonyl (C=O) groups excluding carboxylic acids is 3. The number of rotatable bonds is 11. The Balaban J connectivity index is 1.49. The fourth-order valence-electron chi connectivity index (χ4n) is 4.74. The average Bonchev–Trinajstić information content (AvgIpc) is 3.55. The van der Waals surface area contributed by atoms with Crippen molar-refractivity contribution < 1.29 is 19.1 Å². The molecule has 0 unspecified atom stereocenters. The zero-order valence-electron chi connectivity index (χ0n) is 21.7. The normalized spacial score (nSPS) is 20.5. The lowest BCUT2D eigenvalue weighted by atomic mass is 10.0. The third-order valence-corrected chi connectivity index (χ3v) is 7.06. The summed E-state index contributed by atoms with van der Waals surface area (Å²) in [5, 5.41) is 11.4. The molecule has 2 amide bonds. The third kappa shape index (κ3) is 5.95. The number of nitrogens with zero attached hydrogens (tertiary/aromatic N) is 4. The molecule has 1 saturated heterocycles. The quantitative estimate of drug-likeness (QED) is 0.448. The summed E-state index contributed by atoms with van der Waals surface area (Å²) in [4.78, 5) is 50.1. The molecular weight excluding hydrogens is 472 g/mol. The fourth-order valence-corrected chi connectivity index (χ4v) is 4.74. The summed E-state index contributed by atoms with van der Waals surface area (Å²) >= 11 is 0. The summed E-state index contributed by atoms with van der Waals surface area (Å²) in [6.07, 6.45) is 5.70. The van der Waals surface area contributed by atoms with Crippen molar-refractivity contribution in [1.29, 1.82) is 5.41 Å². The van der Waals surface area contributed by atoms with Crippen molar-refractivity contribution in [1.82, 2.24) is 20.2 Å². The van der Waals surface area contributed by atoms with E-state index in [2.05, 4.69) is 15.3 Å². The number of fused-ring (bicyclic) bond motifs is 1. The molecule has 1 aromatic heterocycles. The highest BCUT2D eigenvalue weighted by Gasteiger charge is 2.56. The first-order valence-electron chi connectivity index (χ1n) is 12.6. The molecule has 1 aromatic carbocycles. The van der Waals surface area contributed by atoms with Gasteiger partial charge in [-0.05, 0) is 56.4 Å². The molecule has 2 aromatic rings. The van der Waals surface area contributed by atoms with E-state index in [9.17, 15) is 14.4 Å². The number of anilines is 1. The average molecular weight is 507 g/mol. The SMILES string of the molecule is CC[C@H](C)NC(=O)[C@@H]1C[C@H]2C[C@H]2N1C(=O)CN(C)c1ccc(OCc2ncccn2)cc1C(=N)C(C)=O. The van der Waals surface area contributed by atoms with Gasteiger partial charge in [0.05, 0.1) is 6.54 Å². The predicted molar refractivity (Wildman–Crippen MR) is 139 cm³/mol. The Bertz CT molecular complexity index is 1190. The molecule has 10 nitrogen and oxygen atoms in total. The number of amides is 2. The van der Waals surface area contributed by atoms with E-state index < -0.39 is 11.8 Å². The van der Waals surface area contributed by atoms with Crippen LogP contribution in [-0.4, -0.2) is 69.9 Å². The van der Waals surface area contributed by atoms with Crippen LogP contribution in [0.3, 0.4) is 0 Å². The van der Waals surface area contributed by atoms with Crippen LogP contribution >= 0.6 is 0 Å². The van der Waals surface area contributed by atoms with Crippen molar-refractivity contribution >= 4 is 29.0 Å². The van der Waals surface area contributed by atoms with Crippen LogP contribution in [0, 0.1) is 11.3 Å². The van der Waals surface area contributed by atoms with E-state index in [0.717, 1.165) is 12.8 Å². The van der Waals surface area contributed by atoms with Crippen LogP contribution in [0.4, 0.5) is 5.69 Å². The highest BCUT2D eigenvalue weighted by atomic mass is 16.5. The molecule has 1 saturated carbocycles. The predicted octanol–water partition coefficient (Wildman–Crippen LogP) is 2.35. The zero-order valence-corrected chi connectivity index (χ0v) is 21.7. The number of aromatic nitrogens is 2. The van der Waals surface area contributed by atoms with Gasteiger partial charge < -0.3 is 19.9 Å². The van der Waals surface area contributed by atoms with Crippen molar-refractivity contribution in [2.24, 2.45) is 5.92 Å². The van der Waals surface area contributed by atoms with Gasteiger partial charge in [-0.15, -0.1) is 0 Å². The number of hydrogen-bond donors (Lipinski definition) is 2. The van der Waals surface area contributed by atoms with Gasteiger partial charge in [0.1, 0.15) is 24.1 Å². The molecule has 2 N–H and O–H groups in total. The minimum atomic E-state index is -0.454. The lowest BCUT2D eigenvalue weighted by Crippen LogP contribution is -2.51. The van der Waals surface area contributed by atoms with Crippen molar-refractivity contribution in [3.8, 4) is 5.75 Å². The first-order valence-corrected chi connectivity index (χ1v) is 12.6. The van der Waals surface area contributed by atoms with E-state index in [0.29, 0.717) is 35.2 Å². The van der Waals surface area contributed by atoms with Gasteiger partial charge in [0.25, 0.3) is 0 Å². The van der Waals surface area contributed by atoms with Crippen LogP contribution in [0.1, 0.15) is 51.4 Å². The number of benzene rings is 1. The summed E-state index contributed by atoms with van der Waals surface area (Å²) < 4.78 is 5.79. The second-order valence-corrected chi connectivity index (χ2v) is 9.85. The number of nitrogens with one attached hydrogen (secondary N) is 2. The number of piperidine rings is 1. The molecule has 1 aliphatic carbocycles. The maximum absolute atomic E-state index is 13.4. The van der Waals surface area contributed by atoms with Gasteiger partial charge in [-0.3, -0.25) is 19.8 Å². The number of ether oxygens (including phenoxy) is 1. The van der Waals surface area contributed by atoms with E-state index in [-0.39, 0.29) is 42.8 Å². The van der Waals surface area contributed by atoms with E-state index >= 15 is 0 Å². The first kappa shape index (κ1) is 26.2. The van der Waals surface area contributed by atoms with Gasteiger partial charge in [0.2, 0.25) is 11.8 Å². The van der Waals surface area contributed by atoms with E-state index in [1.807, 2.05) is 13.8 Å². The maximum atomic E-state index is 13.4. The summed E-state index contributed by atoms with van der Waals surface area (Å²) in [5.74, 6) is 0.715. The molecule has 10 heteroatoms. The molecule has 1 aliphatic heterocycles. The Kier molecular flexibility index (Phi) is 7.85. The second-order valence-electron chi connectivity index (χ2n) is 9.85. The largest absolute Gasteiger partial charge is 0.486 e. The van der Waals surface area contributed by atoms with Crippen LogP contribution in [0.15, 0.2) is 36.7 Å². The van der Waals surface area contributed by atoms with Crippen LogP contribution in [0.25, 0.3) is 0 Å². The molecule has 37 heavy (non-hydrogen) atoms. The van der Waals surface area contributed by atoms with E-state index in [1.165, 1.54) is 6.92 Å². The van der Waals surface area contributed by atoms with Crippen LogP contribution in [-0.2, 0) is 21.0 Å². The monoisotopic (exact) mass is 506 g/mol. The number of likely N-dealkylation sites (N-methyl/N-ethyl adjacent to an activating group) is 1. The topological polar surface area (TPSA) is 129 Å². The summed E-state index contributed by atoms with van der Waals surface area (Å²) in [7, 11) is 1.75. The van der Waals surface area contributed by atoms with Gasteiger partial charge in [-0.25, -0.2) is 9.97 Å². The molecule has 0 radical (unpaired) electrons. The minimum Gasteiger partial charge on any atom is -0.486 e. The second kappa shape index (κ2) is 11.1. The Labute approximate surface area is 216 Å². The Morgan fingerprint density at radius 1 is 1.24 bits per heavy atom. The molecule has 196 valence electrons. The zero-order chi connectivity index (χ0) is 26.7. The molecule has 2 heterocycles. The Morgan fingerprint density at radius 2 is 1.97 bits per heavy atom. The molecule has 0 spiro atoms. The lowest BCUT2D eigenvalue weighted by molar-refractivity contribution is -0.139. The van der Waals surface area contributed by atoms with Crippen molar-refractivity contribution in [2.75, 3.05) is 18.5 Å². The molecule has 0 bridgehead atoms. The van der Waals surface area contributed by atoms with Crippen molar-refractivity contribution in [3.05, 3.63) is 48.0 Å². The van der Waals surface area contributed by atoms with Gasteiger partial charge in [-0.2, -0.15) is 0 Å². The highest BCUT2D eigenvalue weighted by molar-refractivity contribution is 6.45. The number of ketones is 1. The standard InChI is InChI=1S/C27H34N6O4/c1-5-16(2)31-27(36)23-12-18-11-22(18)33(23)25(35)14-32(4)21-8-7-19(13-20(21)26(28)17(3)34)37-15-24-29-9-6-10-30-24/h6-10,13,16,18,22-23,28H,5,11-12,14-15H2,1-4H3,(H,31,36)/t16-,18+,22+,23-/m0/s1. The number of Topliss-reactive ketones (excluding diaryl/α,β-unsaturated/α-hetero) is 1. The molecular formula is C27H34N6O4. The van der Waals surface area contributed by atoms with Gasteiger partial charge in [0.15, 0.2) is 11.6 Å². The highest BCUT2D eigenvalue weighted by Crippen LogP contribution is 2.48. The van der Waals surface area contributed by atoms with Crippen molar-refractivity contribution in [3.63, 3.8) is 0 Å². The molecule has 4 atom stereocenters. The Hall–Kier alpha value is -3.82. The number of hydrogen-bond acceptors (Lipinski definition) is 8. The van der Waals surface area contributed by atoms with Crippen LogP contribution < -0.4 is 15.0 Å². The van der Waals surface area contributed by atoms with Gasteiger partial charge in [-0.1, -0.05) is 6.92 Å². The van der Waals surface area contributed by atoms with Gasteiger partial charge >= 0.3 is 0 Å². The lowest BCUT2D eigenvalue weighted by Gasteiger charge is -2.30. The minimum absolute atomic E-state index is 0.0204. The van der Waals surface area contributed by atoms with E-state index in [1.54, 1.807) is 53.5 Å². The smallest absolute Gasteiger partial charge is 0.243 e. The summed E-state index contributed by atoms with van der Waals surface area (Å²) in [5.41, 5.74) is 0.750. The first-order chi connectivity index (χ1) is 17.7. The Morgan fingerprint density at radius 3 is 2.65 bits per heavy atom. The van der Waals surface area contributed by atoms with Crippen LogP contribution in [0.5, 0.6) is 5.75 Å². The van der Waals surface area contributed by atoms with Gasteiger partial charge in [0, 0.05) is 49.7 Å². The number of carbonyl (C=O) groups is 3.